The molecule has 2 aliphatic rings. The molecule has 2 fully saturated rings. The van der Waals surface area contributed by atoms with Gasteiger partial charge in [0.15, 0.2) is 17.1 Å². The Morgan fingerprint density at radius 3 is 2.86 bits per heavy atom. The number of aromatic amines is 1. The van der Waals surface area contributed by atoms with E-state index in [-0.39, 0.29) is 5.76 Å². The molecule has 154 valence electrons. The van der Waals surface area contributed by atoms with Gasteiger partial charge in [-0.1, -0.05) is 19.3 Å². The number of piperidine rings is 1. The summed E-state index contributed by atoms with van der Waals surface area (Å²) in [5.41, 5.74) is 1.17. The van der Waals surface area contributed by atoms with E-state index in [1.807, 2.05) is 0 Å². The zero-order valence-electron chi connectivity index (χ0n) is 16.7. The lowest BCUT2D eigenvalue weighted by molar-refractivity contribution is 0.196. The highest BCUT2D eigenvalue weighted by Crippen LogP contribution is 2.32. The summed E-state index contributed by atoms with van der Waals surface area (Å²) in [5, 5.41) is 7.80. The van der Waals surface area contributed by atoms with Gasteiger partial charge in [-0.05, 0) is 44.4 Å². The van der Waals surface area contributed by atoms with Gasteiger partial charge in [-0.2, -0.15) is 5.10 Å². The lowest BCUT2D eigenvalue weighted by Gasteiger charge is -2.31. The maximum atomic E-state index is 12.2. The van der Waals surface area contributed by atoms with Crippen LogP contribution >= 0.6 is 0 Å². The van der Waals surface area contributed by atoms with Gasteiger partial charge in [-0.25, -0.2) is 14.8 Å². The number of fused-ring (bicyclic) bond motifs is 1. The molecule has 8 nitrogen and oxygen atoms in total. The van der Waals surface area contributed by atoms with E-state index in [1.165, 1.54) is 32.1 Å². The van der Waals surface area contributed by atoms with Crippen molar-refractivity contribution in [3.8, 4) is 0 Å². The Kier molecular flexibility index (Phi) is 5.18. The van der Waals surface area contributed by atoms with Crippen LogP contribution in [0.4, 0.5) is 0 Å². The number of H-pyrrole nitrogens is 1. The number of nitrogens with one attached hydrogen (secondary N) is 1. The molecule has 1 aliphatic heterocycles. The fraction of sp³-hybridized carbons (Fsp3) is 0.619. The number of hydrogen-bond acceptors (Lipinski definition) is 6. The number of hydrogen-bond donors (Lipinski definition) is 1. The Labute approximate surface area is 169 Å². The summed E-state index contributed by atoms with van der Waals surface area (Å²) in [6, 6.07) is 3.56. The monoisotopic (exact) mass is 396 g/mol. The van der Waals surface area contributed by atoms with Crippen molar-refractivity contribution in [2.45, 2.75) is 63.3 Å². The lowest BCUT2D eigenvalue weighted by Crippen LogP contribution is -2.37. The number of aromatic nitrogens is 5. The molecule has 1 N–H and O–H groups in total. The molecule has 0 bridgehead atoms. The van der Waals surface area contributed by atoms with E-state index < -0.39 is 0 Å². The molecule has 29 heavy (non-hydrogen) atoms. The fourth-order valence-corrected chi connectivity index (χ4v) is 4.84. The van der Waals surface area contributed by atoms with Crippen LogP contribution in [0.25, 0.3) is 11.2 Å². The Balaban J connectivity index is 1.23. The summed E-state index contributed by atoms with van der Waals surface area (Å²) >= 11 is 0. The largest absolute Gasteiger partial charge is 0.421 e. The Hall–Kier alpha value is -2.48. The Morgan fingerprint density at radius 2 is 1.97 bits per heavy atom. The van der Waals surface area contributed by atoms with Crippen molar-refractivity contribution in [1.82, 2.24) is 29.6 Å². The first-order valence-electron chi connectivity index (χ1n) is 10.9. The van der Waals surface area contributed by atoms with Crippen LogP contribution in [0.1, 0.15) is 68.4 Å². The summed E-state index contributed by atoms with van der Waals surface area (Å²) in [7, 11) is 0. The van der Waals surface area contributed by atoms with E-state index in [1.54, 1.807) is 22.9 Å². The Morgan fingerprint density at radius 1 is 1.10 bits per heavy atom. The fourth-order valence-electron chi connectivity index (χ4n) is 4.84. The van der Waals surface area contributed by atoms with E-state index in [0.717, 1.165) is 44.1 Å². The van der Waals surface area contributed by atoms with Gasteiger partial charge in [0, 0.05) is 37.7 Å². The number of pyridine rings is 1. The molecular formula is C21H28N6O2. The molecule has 8 heteroatoms. The molecule has 4 heterocycles. The van der Waals surface area contributed by atoms with Crippen LogP contribution in [-0.2, 0) is 6.54 Å². The van der Waals surface area contributed by atoms with Gasteiger partial charge in [0.05, 0.1) is 0 Å². The lowest BCUT2D eigenvalue weighted by atomic mass is 9.89. The number of oxazole rings is 1. The van der Waals surface area contributed by atoms with E-state index >= 15 is 0 Å². The molecule has 1 saturated carbocycles. The summed E-state index contributed by atoms with van der Waals surface area (Å²) < 4.78 is 6.92. The average Bonchev–Trinajstić information content (AvgIpc) is 3.38. The average molecular weight is 396 g/mol. The van der Waals surface area contributed by atoms with Crippen molar-refractivity contribution in [1.29, 1.82) is 0 Å². The normalized spacial score (nSPS) is 21.7. The van der Waals surface area contributed by atoms with Gasteiger partial charge in [-0.15, -0.1) is 0 Å². The van der Waals surface area contributed by atoms with Crippen molar-refractivity contribution in [3.05, 3.63) is 40.5 Å². The van der Waals surface area contributed by atoms with E-state index in [0.29, 0.717) is 29.6 Å². The molecule has 1 unspecified atom stereocenters. The summed E-state index contributed by atoms with van der Waals surface area (Å²) in [6.45, 7) is 3.34. The summed E-state index contributed by atoms with van der Waals surface area (Å²) in [5.74, 6) is 2.62. The molecule has 0 amide bonds. The highest BCUT2D eigenvalue weighted by molar-refractivity contribution is 5.67. The zero-order chi connectivity index (χ0) is 19.6. The number of likely N-dealkylation sites (tertiary alicyclic amines) is 1. The van der Waals surface area contributed by atoms with Crippen LogP contribution in [0, 0.1) is 0 Å². The van der Waals surface area contributed by atoms with Crippen molar-refractivity contribution in [2.24, 2.45) is 0 Å². The molecule has 0 aromatic carbocycles. The second kappa shape index (κ2) is 8.10. The van der Waals surface area contributed by atoms with Gasteiger partial charge in [-0.3, -0.25) is 9.67 Å². The molecule has 5 rings (SSSR count). The molecule has 1 saturated heterocycles. The number of nitrogens with zero attached hydrogens (tertiary/aromatic N) is 5. The number of rotatable bonds is 5. The van der Waals surface area contributed by atoms with Crippen molar-refractivity contribution in [3.63, 3.8) is 0 Å². The van der Waals surface area contributed by atoms with Crippen molar-refractivity contribution < 1.29 is 4.42 Å². The van der Waals surface area contributed by atoms with Crippen molar-refractivity contribution in [2.75, 3.05) is 19.6 Å². The van der Waals surface area contributed by atoms with Gasteiger partial charge >= 0.3 is 5.76 Å². The molecule has 1 aliphatic carbocycles. The van der Waals surface area contributed by atoms with Gasteiger partial charge in [0.1, 0.15) is 5.82 Å². The maximum Gasteiger partial charge on any atom is 0.421 e. The maximum absolute atomic E-state index is 12.2. The quantitative estimate of drug-likeness (QED) is 0.713. The Bertz CT molecular complexity index is 1020. The van der Waals surface area contributed by atoms with Gasteiger partial charge in [0.25, 0.3) is 0 Å². The highest BCUT2D eigenvalue weighted by Gasteiger charge is 2.26. The molecular weight excluding hydrogens is 368 g/mol. The van der Waals surface area contributed by atoms with Crippen LogP contribution in [0.3, 0.4) is 0 Å². The topological polar surface area (TPSA) is 92.8 Å². The standard InChI is InChI=1S/C21H28N6O2/c28-21-27(20-17(29-21)9-4-10-22-20)13-12-26-11-5-8-16(14-26)19-23-18(24-25-19)15-6-2-1-3-7-15/h4,9-10,15-16H,1-3,5-8,11-14H2,(H,23,24,25). The highest BCUT2D eigenvalue weighted by atomic mass is 16.4. The zero-order valence-corrected chi connectivity index (χ0v) is 16.7. The summed E-state index contributed by atoms with van der Waals surface area (Å²) in [6.07, 6.45) is 10.3. The van der Waals surface area contributed by atoms with E-state index in [9.17, 15) is 4.79 Å². The SMILES string of the molecule is O=c1oc2cccnc2n1CCN1CCCC(c2n[nH]c(C3CCCCC3)n2)C1. The van der Waals surface area contributed by atoms with Crippen molar-refractivity contribution >= 4 is 11.2 Å². The molecule has 3 aromatic heterocycles. The first-order chi connectivity index (χ1) is 14.3. The van der Waals surface area contributed by atoms with Crippen LogP contribution in [-0.4, -0.2) is 49.3 Å². The second-order valence-corrected chi connectivity index (χ2v) is 8.40. The minimum Gasteiger partial charge on any atom is -0.406 e. The van der Waals surface area contributed by atoms with Gasteiger partial charge in [0.2, 0.25) is 0 Å². The summed E-state index contributed by atoms with van der Waals surface area (Å²) in [4.78, 5) is 23.8. The second-order valence-electron chi connectivity index (χ2n) is 8.40. The smallest absolute Gasteiger partial charge is 0.406 e. The first-order valence-corrected chi connectivity index (χ1v) is 10.9. The van der Waals surface area contributed by atoms with Crippen LogP contribution in [0.2, 0.25) is 0 Å². The predicted molar refractivity (Wildman–Crippen MR) is 109 cm³/mol. The molecule has 0 radical (unpaired) electrons. The third-order valence-corrected chi connectivity index (χ3v) is 6.45. The van der Waals surface area contributed by atoms with E-state index in [4.69, 9.17) is 9.40 Å². The van der Waals surface area contributed by atoms with E-state index in [2.05, 4.69) is 20.1 Å². The third kappa shape index (κ3) is 3.85. The van der Waals surface area contributed by atoms with Crippen LogP contribution in [0.5, 0.6) is 0 Å². The molecule has 3 aromatic rings. The first kappa shape index (κ1) is 18.5. The van der Waals surface area contributed by atoms with Crippen LogP contribution in [0.15, 0.2) is 27.5 Å². The predicted octanol–water partition coefficient (Wildman–Crippen LogP) is 3.03. The minimum absolute atomic E-state index is 0.335. The molecule has 1 atom stereocenters. The minimum atomic E-state index is -0.335. The van der Waals surface area contributed by atoms with Gasteiger partial charge < -0.3 is 9.32 Å². The third-order valence-electron chi connectivity index (χ3n) is 6.45. The van der Waals surface area contributed by atoms with Crippen LogP contribution < -0.4 is 5.76 Å². The molecule has 0 spiro atoms.